The fraction of sp³-hybridized carbons (Fsp3) is 0.429. The largest absolute Gasteiger partial charge is 0.481 e. The lowest BCUT2D eigenvalue weighted by atomic mass is 9.91. The smallest absolute Gasteiger partial charge is 0.304 e. The van der Waals surface area contributed by atoms with Gasteiger partial charge in [-0.25, -0.2) is 0 Å². The first-order chi connectivity index (χ1) is 9.02. The highest BCUT2D eigenvalue weighted by molar-refractivity contribution is 5.95. The average molecular weight is 263 g/mol. The van der Waals surface area contributed by atoms with Crippen molar-refractivity contribution in [3.63, 3.8) is 0 Å². The standard InChI is InChI=1S/C14H17NO4/c1-15-12-4-2-9(11(8-16)7-14(18)19)6-10(12)3-5-13(15)17/h2,4,6,11,16H,3,5,7-8H2,1H3,(H,18,19). The molecule has 5 heteroatoms. The van der Waals surface area contributed by atoms with E-state index in [0.29, 0.717) is 12.8 Å². The fourth-order valence-electron chi connectivity index (χ4n) is 2.43. The lowest BCUT2D eigenvalue weighted by Crippen LogP contribution is -2.31. The summed E-state index contributed by atoms with van der Waals surface area (Å²) >= 11 is 0. The summed E-state index contributed by atoms with van der Waals surface area (Å²) in [6, 6.07) is 5.52. The summed E-state index contributed by atoms with van der Waals surface area (Å²) in [6.07, 6.45) is 1.04. The fourth-order valence-corrected chi connectivity index (χ4v) is 2.43. The molecule has 5 nitrogen and oxygen atoms in total. The Balaban J connectivity index is 2.30. The van der Waals surface area contributed by atoms with Crippen molar-refractivity contribution in [2.45, 2.75) is 25.2 Å². The summed E-state index contributed by atoms with van der Waals surface area (Å²) in [6.45, 7) is -0.195. The number of amides is 1. The Kier molecular flexibility index (Phi) is 3.85. The molecule has 19 heavy (non-hydrogen) atoms. The second-order valence-corrected chi connectivity index (χ2v) is 4.82. The highest BCUT2D eigenvalue weighted by Gasteiger charge is 2.22. The highest BCUT2D eigenvalue weighted by Crippen LogP contribution is 2.30. The molecule has 1 atom stereocenters. The molecule has 2 N–H and O–H groups in total. The third kappa shape index (κ3) is 2.76. The minimum atomic E-state index is -0.927. The van der Waals surface area contributed by atoms with Crippen LogP contribution in [0.2, 0.25) is 0 Å². The van der Waals surface area contributed by atoms with E-state index in [4.69, 9.17) is 5.11 Å². The van der Waals surface area contributed by atoms with Gasteiger partial charge in [0.1, 0.15) is 0 Å². The number of carbonyl (C=O) groups is 2. The third-order valence-electron chi connectivity index (χ3n) is 3.56. The van der Waals surface area contributed by atoms with Crippen molar-refractivity contribution in [3.8, 4) is 0 Å². The van der Waals surface area contributed by atoms with Crippen LogP contribution in [-0.2, 0) is 16.0 Å². The van der Waals surface area contributed by atoms with Crippen molar-refractivity contribution in [1.29, 1.82) is 0 Å². The number of nitrogens with zero attached hydrogens (tertiary/aromatic N) is 1. The first kappa shape index (κ1) is 13.5. The van der Waals surface area contributed by atoms with Crippen molar-refractivity contribution in [3.05, 3.63) is 29.3 Å². The van der Waals surface area contributed by atoms with Gasteiger partial charge in [0.25, 0.3) is 0 Å². The van der Waals surface area contributed by atoms with Gasteiger partial charge >= 0.3 is 5.97 Å². The van der Waals surface area contributed by atoms with E-state index in [0.717, 1.165) is 16.8 Å². The maximum Gasteiger partial charge on any atom is 0.304 e. The van der Waals surface area contributed by atoms with Gasteiger partial charge in [0.2, 0.25) is 5.91 Å². The van der Waals surface area contributed by atoms with E-state index in [1.54, 1.807) is 18.0 Å². The van der Waals surface area contributed by atoms with Gasteiger partial charge in [0.15, 0.2) is 0 Å². The number of hydrogen-bond acceptors (Lipinski definition) is 3. The van der Waals surface area contributed by atoms with E-state index in [1.807, 2.05) is 12.1 Å². The van der Waals surface area contributed by atoms with Crippen LogP contribution in [0.3, 0.4) is 0 Å². The zero-order valence-corrected chi connectivity index (χ0v) is 10.8. The number of hydrogen-bond donors (Lipinski definition) is 2. The van der Waals surface area contributed by atoms with E-state index in [2.05, 4.69) is 0 Å². The number of rotatable bonds is 4. The van der Waals surface area contributed by atoms with Crippen LogP contribution in [0.25, 0.3) is 0 Å². The number of aliphatic hydroxyl groups excluding tert-OH is 1. The molecule has 1 heterocycles. The number of aryl methyl sites for hydroxylation is 1. The van der Waals surface area contributed by atoms with E-state index in [1.165, 1.54) is 0 Å². The maximum atomic E-state index is 11.6. The molecule has 1 aliphatic rings. The second-order valence-electron chi connectivity index (χ2n) is 4.82. The van der Waals surface area contributed by atoms with E-state index >= 15 is 0 Å². The van der Waals surface area contributed by atoms with Crippen LogP contribution >= 0.6 is 0 Å². The van der Waals surface area contributed by atoms with Gasteiger partial charge in [-0.15, -0.1) is 0 Å². The van der Waals surface area contributed by atoms with Crippen molar-refractivity contribution < 1.29 is 19.8 Å². The monoisotopic (exact) mass is 263 g/mol. The lowest BCUT2D eigenvalue weighted by Gasteiger charge is -2.27. The molecule has 1 unspecified atom stereocenters. The van der Waals surface area contributed by atoms with Gasteiger partial charge < -0.3 is 15.1 Å². The van der Waals surface area contributed by atoms with Gasteiger partial charge in [0.05, 0.1) is 13.0 Å². The van der Waals surface area contributed by atoms with Gasteiger partial charge in [-0.1, -0.05) is 12.1 Å². The van der Waals surface area contributed by atoms with Crippen molar-refractivity contribution in [2.24, 2.45) is 0 Å². The normalized spacial score (nSPS) is 16.1. The summed E-state index contributed by atoms with van der Waals surface area (Å²) in [5, 5.41) is 18.1. The molecule has 0 fully saturated rings. The van der Waals surface area contributed by atoms with Crippen molar-refractivity contribution in [2.75, 3.05) is 18.6 Å². The van der Waals surface area contributed by atoms with Crippen LogP contribution in [0.4, 0.5) is 5.69 Å². The van der Waals surface area contributed by atoms with Crippen LogP contribution in [0.1, 0.15) is 29.9 Å². The van der Waals surface area contributed by atoms with Crippen molar-refractivity contribution >= 4 is 17.6 Å². The molecule has 0 aromatic heterocycles. The molecule has 0 saturated heterocycles. The van der Waals surface area contributed by atoms with Crippen LogP contribution in [-0.4, -0.2) is 35.7 Å². The first-order valence-corrected chi connectivity index (χ1v) is 6.25. The van der Waals surface area contributed by atoms with Crippen LogP contribution in [0, 0.1) is 0 Å². The second kappa shape index (κ2) is 5.40. The molecule has 0 spiro atoms. The number of fused-ring (bicyclic) bond motifs is 1. The molecule has 102 valence electrons. The van der Waals surface area contributed by atoms with Gasteiger partial charge in [-0.2, -0.15) is 0 Å². The summed E-state index contributed by atoms with van der Waals surface area (Å²) in [4.78, 5) is 24.0. The quantitative estimate of drug-likeness (QED) is 0.854. The zero-order chi connectivity index (χ0) is 14.0. The number of aliphatic hydroxyl groups is 1. The van der Waals surface area contributed by atoms with Crippen molar-refractivity contribution in [1.82, 2.24) is 0 Å². The number of carboxylic acids is 1. The van der Waals surface area contributed by atoms with Crippen LogP contribution in [0.5, 0.6) is 0 Å². The van der Waals surface area contributed by atoms with E-state index < -0.39 is 11.9 Å². The summed E-state index contributed by atoms with van der Waals surface area (Å²) in [7, 11) is 1.74. The minimum absolute atomic E-state index is 0.0875. The molecule has 1 aromatic carbocycles. The van der Waals surface area contributed by atoms with Gasteiger partial charge in [-0.05, 0) is 23.6 Å². The highest BCUT2D eigenvalue weighted by atomic mass is 16.4. The molecule has 1 amide bonds. The lowest BCUT2D eigenvalue weighted by molar-refractivity contribution is -0.137. The Morgan fingerprint density at radius 1 is 1.42 bits per heavy atom. The summed E-state index contributed by atoms with van der Waals surface area (Å²) in [5.74, 6) is -1.24. The molecule has 0 radical (unpaired) electrons. The maximum absolute atomic E-state index is 11.6. The number of benzene rings is 1. The summed E-state index contributed by atoms with van der Waals surface area (Å²) < 4.78 is 0. The van der Waals surface area contributed by atoms with E-state index in [9.17, 15) is 14.7 Å². The Morgan fingerprint density at radius 3 is 2.79 bits per heavy atom. The van der Waals surface area contributed by atoms with Gasteiger partial charge in [0, 0.05) is 25.1 Å². The number of aliphatic carboxylic acids is 1. The Bertz CT molecular complexity index is 512. The molecule has 2 rings (SSSR count). The third-order valence-corrected chi connectivity index (χ3v) is 3.56. The molecule has 1 aromatic rings. The Hall–Kier alpha value is -1.88. The average Bonchev–Trinajstić information content (AvgIpc) is 2.40. The number of carbonyl (C=O) groups excluding carboxylic acids is 1. The minimum Gasteiger partial charge on any atom is -0.481 e. The SMILES string of the molecule is CN1C(=O)CCc2cc(C(CO)CC(=O)O)ccc21. The topological polar surface area (TPSA) is 77.8 Å². The molecule has 0 saturated carbocycles. The van der Waals surface area contributed by atoms with E-state index in [-0.39, 0.29) is 18.9 Å². The number of anilines is 1. The van der Waals surface area contributed by atoms with Crippen LogP contribution < -0.4 is 4.90 Å². The molecule has 1 aliphatic heterocycles. The molecule has 0 bridgehead atoms. The Labute approximate surface area is 111 Å². The molecule has 0 aliphatic carbocycles. The molecular formula is C14H17NO4. The zero-order valence-electron chi connectivity index (χ0n) is 10.8. The summed E-state index contributed by atoms with van der Waals surface area (Å²) in [5.41, 5.74) is 2.71. The van der Waals surface area contributed by atoms with Gasteiger partial charge in [-0.3, -0.25) is 9.59 Å². The van der Waals surface area contributed by atoms with Crippen LogP contribution in [0.15, 0.2) is 18.2 Å². The predicted octanol–water partition coefficient (Wildman–Crippen LogP) is 1.15. The number of carboxylic acid groups (broad SMARTS) is 1. The predicted molar refractivity (Wildman–Crippen MR) is 70.3 cm³/mol. The molecular weight excluding hydrogens is 246 g/mol. The first-order valence-electron chi connectivity index (χ1n) is 6.25. The Morgan fingerprint density at radius 2 is 2.16 bits per heavy atom.